The molecule has 1 aliphatic rings. The first kappa shape index (κ1) is 12.4. The first-order chi connectivity index (χ1) is 9.26. The average Bonchev–Trinajstić information content (AvgIpc) is 2.83. The van der Waals surface area contributed by atoms with Gasteiger partial charge < -0.3 is 10.6 Å². The Labute approximate surface area is 113 Å². The summed E-state index contributed by atoms with van der Waals surface area (Å²) in [7, 11) is 0. The van der Waals surface area contributed by atoms with Crippen LogP contribution in [0.1, 0.15) is 25.6 Å². The second-order valence-corrected chi connectivity index (χ2v) is 5.37. The Balaban J connectivity index is 1.76. The lowest BCUT2D eigenvalue weighted by Gasteiger charge is -2.31. The molecule has 0 amide bonds. The molecule has 1 atom stereocenters. The van der Waals surface area contributed by atoms with Crippen LogP contribution < -0.4 is 5.73 Å². The van der Waals surface area contributed by atoms with Crippen molar-refractivity contribution in [3.05, 3.63) is 24.2 Å². The molecule has 1 saturated heterocycles. The number of hydrogen-bond acceptors (Lipinski definition) is 4. The summed E-state index contributed by atoms with van der Waals surface area (Å²) in [6.07, 6.45) is 5.43. The first-order valence-corrected chi connectivity index (χ1v) is 7.08. The minimum Gasteiger partial charge on any atom is -0.396 e. The van der Waals surface area contributed by atoms with Gasteiger partial charge in [-0.1, -0.05) is 6.92 Å². The van der Waals surface area contributed by atoms with Crippen LogP contribution >= 0.6 is 0 Å². The zero-order chi connectivity index (χ0) is 13.2. The molecule has 1 unspecified atom stereocenters. The topological polar surface area (TPSA) is 59.5 Å². The van der Waals surface area contributed by atoms with E-state index in [1.165, 1.54) is 25.9 Å². The smallest absolute Gasteiger partial charge is 0.178 e. The van der Waals surface area contributed by atoms with Crippen molar-refractivity contribution in [1.29, 1.82) is 0 Å². The van der Waals surface area contributed by atoms with Crippen LogP contribution in [0.25, 0.3) is 5.65 Å². The van der Waals surface area contributed by atoms with Crippen molar-refractivity contribution >= 4 is 11.3 Å². The molecule has 1 aliphatic heterocycles. The maximum Gasteiger partial charge on any atom is 0.178 e. The molecule has 2 aromatic rings. The Morgan fingerprint density at radius 1 is 1.47 bits per heavy atom. The molecule has 3 rings (SSSR count). The lowest BCUT2D eigenvalue weighted by molar-refractivity contribution is 0.181. The van der Waals surface area contributed by atoms with Crippen molar-refractivity contribution in [2.75, 3.05) is 25.4 Å². The number of aromatic nitrogens is 3. The summed E-state index contributed by atoms with van der Waals surface area (Å²) >= 11 is 0. The lowest BCUT2D eigenvalue weighted by atomic mass is 9.94. The van der Waals surface area contributed by atoms with Gasteiger partial charge in [0.2, 0.25) is 0 Å². The normalized spacial score (nSPS) is 21.0. The maximum atomic E-state index is 5.91. The summed E-state index contributed by atoms with van der Waals surface area (Å²) in [4.78, 5) is 7.08. The van der Waals surface area contributed by atoms with Crippen molar-refractivity contribution in [3.63, 3.8) is 0 Å². The molecule has 102 valence electrons. The number of fused-ring (bicyclic) bond motifs is 1. The Bertz CT molecular complexity index is 562. The fourth-order valence-corrected chi connectivity index (χ4v) is 2.92. The van der Waals surface area contributed by atoms with Crippen LogP contribution in [0.3, 0.4) is 0 Å². The quantitative estimate of drug-likeness (QED) is 0.909. The molecule has 1 fully saturated rings. The van der Waals surface area contributed by atoms with Gasteiger partial charge >= 0.3 is 0 Å². The van der Waals surface area contributed by atoms with Crippen LogP contribution in [0.4, 0.5) is 5.69 Å². The number of nitrogens with two attached hydrogens (primary N) is 1. The highest BCUT2D eigenvalue weighted by atomic mass is 15.3. The number of anilines is 1. The second kappa shape index (κ2) is 5.17. The summed E-state index contributed by atoms with van der Waals surface area (Å²) in [5.74, 6) is 1.59. The number of rotatable bonds is 3. The van der Waals surface area contributed by atoms with Gasteiger partial charge in [0.05, 0.1) is 5.69 Å². The van der Waals surface area contributed by atoms with Crippen molar-refractivity contribution in [2.45, 2.75) is 26.2 Å². The van der Waals surface area contributed by atoms with Gasteiger partial charge in [-0.15, -0.1) is 0 Å². The summed E-state index contributed by atoms with van der Waals surface area (Å²) < 4.78 is 1.78. The van der Waals surface area contributed by atoms with E-state index < -0.39 is 0 Å². The molecule has 0 aromatic carbocycles. The van der Waals surface area contributed by atoms with E-state index in [1.54, 1.807) is 4.52 Å². The third-order valence-electron chi connectivity index (χ3n) is 3.96. The van der Waals surface area contributed by atoms with E-state index in [0.717, 1.165) is 24.4 Å². The molecule has 0 saturated carbocycles. The summed E-state index contributed by atoms with van der Waals surface area (Å²) in [5, 5.41) is 4.53. The van der Waals surface area contributed by atoms with Gasteiger partial charge in [-0.05, 0) is 44.0 Å². The highest BCUT2D eigenvalue weighted by molar-refractivity contribution is 5.63. The number of nitrogen functional groups attached to an aromatic ring is 1. The monoisotopic (exact) mass is 259 g/mol. The fourth-order valence-electron chi connectivity index (χ4n) is 2.92. The largest absolute Gasteiger partial charge is 0.396 e. The highest BCUT2D eigenvalue weighted by Gasteiger charge is 2.20. The van der Waals surface area contributed by atoms with E-state index in [0.29, 0.717) is 11.6 Å². The third kappa shape index (κ3) is 2.56. The summed E-state index contributed by atoms with van der Waals surface area (Å²) in [6, 6.07) is 3.77. The number of piperidine rings is 1. The lowest BCUT2D eigenvalue weighted by Crippen LogP contribution is -2.36. The van der Waals surface area contributed by atoms with Gasteiger partial charge in [0.25, 0.3) is 0 Å². The van der Waals surface area contributed by atoms with Crippen LogP contribution in [-0.4, -0.2) is 39.1 Å². The van der Waals surface area contributed by atoms with Crippen molar-refractivity contribution in [1.82, 2.24) is 19.5 Å². The molecule has 0 bridgehead atoms. The third-order valence-corrected chi connectivity index (χ3v) is 3.96. The van der Waals surface area contributed by atoms with E-state index in [-0.39, 0.29) is 0 Å². The molecular formula is C14H21N5. The van der Waals surface area contributed by atoms with Crippen LogP contribution in [0.15, 0.2) is 18.3 Å². The Morgan fingerprint density at radius 2 is 2.37 bits per heavy atom. The van der Waals surface area contributed by atoms with Gasteiger partial charge in [-0.25, -0.2) is 9.50 Å². The van der Waals surface area contributed by atoms with Gasteiger partial charge in [0.1, 0.15) is 0 Å². The zero-order valence-electron chi connectivity index (χ0n) is 11.4. The van der Waals surface area contributed by atoms with Crippen LogP contribution in [0.2, 0.25) is 0 Å². The molecule has 3 heterocycles. The van der Waals surface area contributed by atoms with Crippen molar-refractivity contribution in [2.24, 2.45) is 5.92 Å². The molecule has 0 spiro atoms. The average molecular weight is 259 g/mol. The Hall–Kier alpha value is -1.62. The highest BCUT2D eigenvalue weighted by Crippen LogP contribution is 2.20. The van der Waals surface area contributed by atoms with Crippen LogP contribution in [0, 0.1) is 5.92 Å². The number of likely N-dealkylation sites (tertiary alicyclic amines) is 1. The zero-order valence-corrected chi connectivity index (χ0v) is 11.4. The van der Waals surface area contributed by atoms with E-state index in [9.17, 15) is 0 Å². The van der Waals surface area contributed by atoms with Crippen molar-refractivity contribution < 1.29 is 0 Å². The molecule has 5 nitrogen and oxygen atoms in total. The summed E-state index contributed by atoms with van der Waals surface area (Å²) in [6.45, 7) is 5.77. The SMILES string of the molecule is CCN1CCCC(Cc2nc3c(N)cccn3n2)C1. The predicted octanol–water partition coefficient (Wildman–Crippen LogP) is 1.59. The van der Waals surface area contributed by atoms with Gasteiger partial charge in [0, 0.05) is 19.2 Å². The van der Waals surface area contributed by atoms with Gasteiger partial charge in [-0.3, -0.25) is 0 Å². The standard InChI is InChI=1S/C14H21N5/c1-2-18-7-3-5-11(10-18)9-13-16-14-12(15)6-4-8-19(14)17-13/h4,6,8,11H,2-3,5,7,9-10,15H2,1H3. The minimum atomic E-state index is 0.673. The van der Waals surface area contributed by atoms with E-state index in [4.69, 9.17) is 5.73 Å². The van der Waals surface area contributed by atoms with E-state index in [1.807, 2.05) is 18.3 Å². The number of pyridine rings is 1. The number of nitrogens with zero attached hydrogens (tertiary/aromatic N) is 4. The maximum absolute atomic E-state index is 5.91. The minimum absolute atomic E-state index is 0.673. The molecule has 0 aliphatic carbocycles. The first-order valence-electron chi connectivity index (χ1n) is 7.08. The molecule has 5 heteroatoms. The molecule has 2 aromatic heterocycles. The molecule has 19 heavy (non-hydrogen) atoms. The number of hydrogen-bond donors (Lipinski definition) is 1. The second-order valence-electron chi connectivity index (χ2n) is 5.37. The van der Waals surface area contributed by atoms with E-state index >= 15 is 0 Å². The van der Waals surface area contributed by atoms with Gasteiger partial charge in [-0.2, -0.15) is 5.10 Å². The van der Waals surface area contributed by atoms with Gasteiger partial charge in [0.15, 0.2) is 11.5 Å². The fraction of sp³-hybridized carbons (Fsp3) is 0.571. The molecule has 0 radical (unpaired) electrons. The molecular weight excluding hydrogens is 238 g/mol. The van der Waals surface area contributed by atoms with Crippen LogP contribution in [-0.2, 0) is 6.42 Å². The predicted molar refractivity (Wildman–Crippen MR) is 75.9 cm³/mol. The Morgan fingerprint density at radius 3 is 3.16 bits per heavy atom. The van der Waals surface area contributed by atoms with Crippen LogP contribution in [0.5, 0.6) is 0 Å². The molecule has 2 N–H and O–H groups in total. The summed E-state index contributed by atoms with van der Waals surface area (Å²) in [5.41, 5.74) is 7.39. The van der Waals surface area contributed by atoms with Crippen molar-refractivity contribution in [3.8, 4) is 0 Å². The van der Waals surface area contributed by atoms with E-state index in [2.05, 4.69) is 21.9 Å². The Kier molecular flexibility index (Phi) is 3.38.